The van der Waals surface area contributed by atoms with E-state index in [9.17, 15) is 4.79 Å². The minimum absolute atomic E-state index is 0.387. The van der Waals surface area contributed by atoms with E-state index < -0.39 is 5.91 Å². The van der Waals surface area contributed by atoms with E-state index in [1.165, 1.54) is 4.52 Å². The molecule has 0 aliphatic rings. The van der Waals surface area contributed by atoms with Crippen LogP contribution < -0.4 is 5.73 Å². The molecule has 14 heavy (non-hydrogen) atoms. The summed E-state index contributed by atoms with van der Waals surface area (Å²) in [5, 5.41) is 3.98. The number of pyridine rings is 1. The van der Waals surface area contributed by atoms with Gasteiger partial charge in [-0.15, -0.1) is 6.42 Å². The lowest BCUT2D eigenvalue weighted by atomic mass is 10.1. The average Bonchev–Trinajstić information content (AvgIpc) is 2.63. The molecule has 0 fully saturated rings. The van der Waals surface area contributed by atoms with E-state index in [1.807, 2.05) is 0 Å². The van der Waals surface area contributed by atoms with E-state index >= 15 is 0 Å². The minimum atomic E-state index is -0.507. The summed E-state index contributed by atoms with van der Waals surface area (Å²) in [6.07, 6.45) is 8.49. The Kier molecular flexibility index (Phi) is 1.72. The van der Waals surface area contributed by atoms with Crippen molar-refractivity contribution in [2.24, 2.45) is 5.73 Å². The van der Waals surface area contributed by atoms with Gasteiger partial charge in [-0.25, -0.2) is 4.52 Å². The zero-order chi connectivity index (χ0) is 10.1. The summed E-state index contributed by atoms with van der Waals surface area (Å²) in [7, 11) is 0. The van der Waals surface area contributed by atoms with Crippen molar-refractivity contribution in [2.75, 3.05) is 0 Å². The summed E-state index contributed by atoms with van der Waals surface area (Å²) < 4.78 is 1.54. The highest BCUT2D eigenvalue weighted by Crippen LogP contribution is 2.11. The molecule has 4 nitrogen and oxygen atoms in total. The second kappa shape index (κ2) is 2.89. The van der Waals surface area contributed by atoms with Crippen molar-refractivity contribution < 1.29 is 4.79 Å². The van der Waals surface area contributed by atoms with Crippen molar-refractivity contribution in [3.05, 3.63) is 35.7 Å². The third-order valence-corrected chi connectivity index (χ3v) is 1.94. The summed E-state index contributed by atoms with van der Waals surface area (Å²) >= 11 is 0. The molecule has 0 saturated carbocycles. The van der Waals surface area contributed by atoms with Crippen molar-refractivity contribution in [3.63, 3.8) is 0 Å². The van der Waals surface area contributed by atoms with Gasteiger partial charge in [-0.3, -0.25) is 4.79 Å². The largest absolute Gasteiger partial charge is 0.366 e. The van der Waals surface area contributed by atoms with E-state index in [2.05, 4.69) is 11.0 Å². The van der Waals surface area contributed by atoms with Gasteiger partial charge in [0.2, 0.25) is 0 Å². The van der Waals surface area contributed by atoms with Crippen LogP contribution in [0.4, 0.5) is 0 Å². The van der Waals surface area contributed by atoms with Crippen LogP contribution in [0, 0.1) is 12.3 Å². The standard InChI is InChI=1S/C10H7N3O/c1-2-7-5-8(10(11)14)9-3-4-12-13(9)6-7/h1,3-6H,(H2,11,14). The van der Waals surface area contributed by atoms with Gasteiger partial charge in [-0.2, -0.15) is 5.10 Å². The molecular formula is C10H7N3O. The number of carbonyl (C=O) groups is 1. The van der Waals surface area contributed by atoms with Gasteiger partial charge in [0.1, 0.15) is 0 Å². The highest BCUT2D eigenvalue weighted by Gasteiger charge is 2.08. The number of amides is 1. The number of hydrogen-bond acceptors (Lipinski definition) is 2. The molecule has 0 aromatic carbocycles. The summed E-state index contributed by atoms with van der Waals surface area (Å²) in [6, 6.07) is 3.29. The molecule has 68 valence electrons. The van der Waals surface area contributed by atoms with E-state index in [4.69, 9.17) is 12.2 Å². The molecule has 0 saturated heterocycles. The molecule has 0 aliphatic heterocycles. The second-order valence-corrected chi connectivity index (χ2v) is 2.81. The Balaban J connectivity index is 2.85. The van der Waals surface area contributed by atoms with Gasteiger partial charge in [-0.1, -0.05) is 5.92 Å². The molecule has 2 aromatic heterocycles. The van der Waals surface area contributed by atoms with Crippen LogP contribution >= 0.6 is 0 Å². The molecular weight excluding hydrogens is 178 g/mol. The number of fused-ring (bicyclic) bond motifs is 1. The molecule has 0 atom stereocenters. The number of rotatable bonds is 1. The maximum atomic E-state index is 11.1. The molecule has 1 amide bonds. The first-order valence-electron chi connectivity index (χ1n) is 3.96. The molecule has 4 heteroatoms. The highest BCUT2D eigenvalue weighted by molar-refractivity contribution is 5.99. The maximum absolute atomic E-state index is 11.1. The fourth-order valence-corrected chi connectivity index (χ4v) is 1.31. The van der Waals surface area contributed by atoms with Gasteiger partial charge >= 0.3 is 0 Å². The SMILES string of the molecule is C#Cc1cc(C(N)=O)c2ccnn2c1. The molecule has 2 aromatic rings. The minimum Gasteiger partial charge on any atom is -0.366 e. The van der Waals surface area contributed by atoms with Crippen molar-refractivity contribution >= 4 is 11.4 Å². The molecule has 2 N–H and O–H groups in total. The van der Waals surface area contributed by atoms with Gasteiger partial charge in [0.25, 0.3) is 5.91 Å². The zero-order valence-corrected chi connectivity index (χ0v) is 7.27. The first-order valence-corrected chi connectivity index (χ1v) is 3.96. The number of carbonyl (C=O) groups excluding carboxylic acids is 1. The Morgan fingerprint density at radius 1 is 1.64 bits per heavy atom. The second-order valence-electron chi connectivity index (χ2n) is 2.81. The Morgan fingerprint density at radius 2 is 2.43 bits per heavy atom. The molecule has 0 unspecified atom stereocenters. The number of hydrogen-bond donors (Lipinski definition) is 1. The summed E-state index contributed by atoms with van der Waals surface area (Å²) in [6.45, 7) is 0. The predicted octanol–water partition coefficient (Wildman–Crippen LogP) is 0.415. The lowest BCUT2D eigenvalue weighted by Gasteiger charge is -2.00. The topological polar surface area (TPSA) is 60.4 Å². The number of aromatic nitrogens is 2. The van der Waals surface area contributed by atoms with Crippen LogP contribution in [0.5, 0.6) is 0 Å². The molecule has 2 heterocycles. The summed E-state index contributed by atoms with van der Waals surface area (Å²) in [5.74, 6) is 1.93. The monoisotopic (exact) mass is 185 g/mol. The van der Waals surface area contributed by atoms with Crippen LogP contribution in [0.2, 0.25) is 0 Å². The summed E-state index contributed by atoms with van der Waals surface area (Å²) in [4.78, 5) is 11.1. The van der Waals surface area contributed by atoms with Crippen LogP contribution in [0.15, 0.2) is 24.5 Å². The number of nitrogens with zero attached hydrogens (tertiary/aromatic N) is 2. The highest BCUT2D eigenvalue weighted by atomic mass is 16.1. The Bertz CT molecular complexity index is 548. The predicted molar refractivity (Wildman–Crippen MR) is 51.6 cm³/mol. The van der Waals surface area contributed by atoms with Crippen LogP contribution in [0.25, 0.3) is 5.52 Å². The molecule has 0 spiro atoms. The average molecular weight is 185 g/mol. The van der Waals surface area contributed by atoms with Crippen LogP contribution in [-0.2, 0) is 0 Å². The maximum Gasteiger partial charge on any atom is 0.250 e. The molecule has 0 radical (unpaired) electrons. The lowest BCUT2D eigenvalue weighted by Crippen LogP contribution is -2.12. The van der Waals surface area contributed by atoms with Gasteiger partial charge in [0, 0.05) is 11.8 Å². The quantitative estimate of drug-likeness (QED) is 0.654. The molecule has 0 aliphatic carbocycles. The molecule has 2 rings (SSSR count). The van der Waals surface area contributed by atoms with E-state index in [0.717, 1.165) is 0 Å². The van der Waals surface area contributed by atoms with E-state index in [0.29, 0.717) is 16.6 Å². The fraction of sp³-hybridized carbons (Fsp3) is 0. The fourth-order valence-electron chi connectivity index (χ4n) is 1.31. The van der Waals surface area contributed by atoms with Gasteiger partial charge in [-0.05, 0) is 12.1 Å². The van der Waals surface area contributed by atoms with Gasteiger partial charge in [0.05, 0.1) is 17.3 Å². The zero-order valence-electron chi connectivity index (χ0n) is 7.27. The third kappa shape index (κ3) is 1.12. The first kappa shape index (κ1) is 8.32. The smallest absolute Gasteiger partial charge is 0.250 e. The normalized spacial score (nSPS) is 9.93. The summed E-state index contributed by atoms with van der Waals surface area (Å²) in [5.41, 5.74) is 6.84. The van der Waals surface area contributed by atoms with Crippen LogP contribution in [0.3, 0.4) is 0 Å². The van der Waals surface area contributed by atoms with Crippen LogP contribution in [-0.4, -0.2) is 15.5 Å². The van der Waals surface area contributed by atoms with Crippen molar-refractivity contribution in [1.82, 2.24) is 9.61 Å². The lowest BCUT2D eigenvalue weighted by molar-refractivity contribution is 0.100. The number of terminal acetylenes is 1. The van der Waals surface area contributed by atoms with Crippen molar-refractivity contribution in [3.8, 4) is 12.3 Å². The van der Waals surface area contributed by atoms with E-state index in [1.54, 1.807) is 24.5 Å². The van der Waals surface area contributed by atoms with Crippen LogP contribution in [0.1, 0.15) is 15.9 Å². The van der Waals surface area contributed by atoms with Crippen molar-refractivity contribution in [1.29, 1.82) is 0 Å². The Hall–Kier alpha value is -2.28. The van der Waals surface area contributed by atoms with E-state index in [-0.39, 0.29) is 0 Å². The first-order chi connectivity index (χ1) is 6.72. The van der Waals surface area contributed by atoms with Gasteiger partial charge in [0.15, 0.2) is 0 Å². The Labute approximate surface area is 80.3 Å². The van der Waals surface area contributed by atoms with Gasteiger partial charge < -0.3 is 5.73 Å². The molecule has 0 bridgehead atoms. The Morgan fingerprint density at radius 3 is 3.07 bits per heavy atom. The third-order valence-electron chi connectivity index (χ3n) is 1.94. The number of primary amides is 1. The van der Waals surface area contributed by atoms with Crippen molar-refractivity contribution in [2.45, 2.75) is 0 Å². The number of nitrogens with two attached hydrogens (primary N) is 1.